The average molecular weight is 343 g/mol. The number of carbonyl (C=O) groups is 1. The maximum atomic E-state index is 11.2. The molecular formula is C20H38O4. The van der Waals surface area contributed by atoms with Crippen molar-refractivity contribution in [1.29, 1.82) is 0 Å². The molecule has 4 heteroatoms. The molecule has 0 heterocycles. The predicted octanol–water partition coefficient (Wildman–Crippen LogP) is 6.06. The quantitative estimate of drug-likeness (QED) is 0.115. The third-order valence-corrected chi connectivity index (χ3v) is 4.14. The molecule has 0 aliphatic heterocycles. The maximum Gasteiger partial charge on any atom is 0.305 e. The van der Waals surface area contributed by atoms with Gasteiger partial charge < -0.3 is 4.74 Å². The zero-order valence-corrected chi connectivity index (χ0v) is 15.8. The number of unbranched alkanes of at least 4 members (excludes halogenated alkanes) is 9. The van der Waals surface area contributed by atoms with E-state index in [4.69, 9.17) is 9.99 Å². The monoisotopic (exact) mass is 342 g/mol. The van der Waals surface area contributed by atoms with Crippen molar-refractivity contribution in [3.8, 4) is 0 Å². The van der Waals surface area contributed by atoms with E-state index < -0.39 is 0 Å². The van der Waals surface area contributed by atoms with Gasteiger partial charge in [0, 0.05) is 6.42 Å². The van der Waals surface area contributed by atoms with Crippen molar-refractivity contribution >= 4 is 5.97 Å². The molecule has 0 rings (SSSR count). The lowest BCUT2D eigenvalue weighted by molar-refractivity contribution is -0.267. The molecule has 24 heavy (non-hydrogen) atoms. The fourth-order valence-electron chi connectivity index (χ4n) is 2.68. The number of ether oxygens (including phenoxy) is 1. The van der Waals surface area contributed by atoms with Crippen molar-refractivity contribution in [3.05, 3.63) is 12.2 Å². The highest BCUT2D eigenvalue weighted by atomic mass is 17.1. The molecule has 0 bridgehead atoms. The fourth-order valence-corrected chi connectivity index (χ4v) is 2.68. The number of carbonyl (C=O) groups excluding carboxylic acids is 1. The van der Waals surface area contributed by atoms with Crippen molar-refractivity contribution in [1.82, 2.24) is 0 Å². The number of hydrogen-bond acceptors (Lipinski definition) is 4. The Hall–Kier alpha value is -0.870. The van der Waals surface area contributed by atoms with E-state index in [1.807, 2.05) is 13.0 Å². The zero-order chi connectivity index (χ0) is 17.9. The SMILES string of the molecule is CCCCCCC/C=C/C(CCCCCCCC(=O)OCC)OO. The smallest absolute Gasteiger partial charge is 0.305 e. The molecule has 0 aromatic carbocycles. The van der Waals surface area contributed by atoms with Crippen LogP contribution in [-0.4, -0.2) is 23.9 Å². The Morgan fingerprint density at radius 3 is 2.33 bits per heavy atom. The van der Waals surface area contributed by atoms with Crippen LogP contribution >= 0.6 is 0 Å². The average Bonchev–Trinajstić information content (AvgIpc) is 2.58. The zero-order valence-electron chi connectivity index (χ0n) is 15.8. The van der Waals surface area contributed by atoms with E-state index in [1.54, 1.807) is 0 Å². The van der Waals surface area contributed by atoms with Crippen LogP contribution in [0, 0.1) is 0 Å². The van der Waals surface area contributed by atoms with Gasteiger partial charge in [0.1, 0.15) is 6.10 Å². The predicted molar refractivity (Wildman–Crippen MR) is 99.0 cm³/mol. The van der Waals surface area contributed by atoms with Crippen LogP contribution in [0.3, 0.4) is 0 Å². The molecular weight excluding hydrogens is 304 g/mol. The van der Waals surface area contributed by atoms with E-state index in [9.17, 15) is 4.79 Å². The van der Waals surface area contributed by atoms with Crippen molar-refractivity contribution in [2.45, 2.75) is 103 Å². The molecule has 0 fully saturated rings. The van der Waals surface area contributed by atoms with E-state index in [0.29, 0.717) is 13.0 Å². The summed E-state index contributed by atoms with van der Waals surface area (Å²) >= 11 is 0. The Bertz CT molecular complexity index is 302. The number of hydrogen-bond donors (Lipinski definition) is 1. The minimum absolute atomic E-state index is 0.0916. The van der Waals surface area contributed by atoms with Gasteiger partial charge in [0.15, 0.2) is 0 Å². The van der Waals surface area contributed by atoms with Gasteiger partial charge in [-0.05, 0) is 32.6 Å². The molecule has 1 atom stereocenters. The minimum Gasteiger partial charge on any atom is -0.466 e. The lowest BCUT2D eigenvalue weighted by Crippen LogP contribution is -2.07. The molecule has 0 aromatic rings. The first-order valence-electron chi connectivity index (χ1n) is 9.87. The Kier molecular flexibility index (Phi) is 17.8. The van der Waals surface area contributed by atoms with Gasteiger partial charge in [-0.3, -0.25) is 10.1 Å². The Morgan fingerprint density at radius 1 is 0.958 bits per heavy atom. The van der Waals surface area contributed by atoms with E-state index >= 15 is 0 Å². The first-order chi connectivity index (χ1) is 11.7. The molecule has 0 aromatic heterocycles. The summed E-state index contributed by atoms with van der Waals surface area (Å²) < 4.78 is 4.90. The summed E-state index contributed by atoms with van der Waals surface area (Å²) in [5.41, 5.74) is 0. The number of allylic oxidation sites excluding steroid dienone is 1. The van der Waals surface area contributed by atoms with Gasteiger partial charge in [0.05, 0.1) is 6.61 Å². The topological polar surface area (TPSA) is 55.8 Å². The van der Waals surface area contributed by atoms with Crippen molar-refractivity contribution in [3.63, 3.8) is 0 Å². The third kappa shape index (κ3) is 16.0. The summed E-state index contributed by atoms with van der Waals surface area (Å²) in [7, 11) is 0. The maximum absolute atomic E-state index is 11.2. The van der Waals surface area contributed by atoms with Crippen molar-refractivity contribution in [2.24, 2.45) is 0 Å². The molecule has 0 spiro atoms. The first kappa shape index (κ1) is 23.1. The second-order valence-corrected chi connectivity index (χ2v) is 6.39. The minimum atomic E-state index is -0.180. The molecule has 4 nitrogen and oxygen atoms in total. The summed E-state index contributed by atoms with van der Waals surface area (Å²) in [6.07, 6.45) is 18.0. The third-order valence-electron chi connectivity index (χ3n) is 4.14. The highest BCUT2D eigenvalue weighted by Crippen LogP contribution is 2.12. The molecule has 0 saturated heterocycles. The summed E-state index contributed by atoms with van der Waals surface area (Å²) in [6, 6.07) is 0. The van der Waals surface area contributed by atoms with Crippen LogP contribution in [0.1, 0.15) is 97.3 Å². The van der Waals surface area contributed by atoms with Crippen LogP contribution in [0.15, 0.2) is 12.2 Å². The van der Waals surface area contributed by atoms with Gasteiger partial charge in [0.25, 0.3) is 0 Å². The molecule has 1 N–H and O–H groups in total. The molecule has 0 aliphatic rings. The molecule has 0 saturated carbocycles. The van der Waals surface area contributed by atoms with Gasteiger partial charge in [-0.15, -0.1) is 0 Å². The van der Waals surface area contributed by atoms with E-state index in [0.717, 1.165) is 44.9 Å². The number of rotatable bonds is 17. The highest BCUT2D eigenvalue weighted by molar-refractivity contribution is 5.69. The lowest BCUT2D eigenvalue weighted by atomic mass is 10.1. The fraction of sp³-hybridized carbons (Fsp3) is 0.850. The lowest BCUT2D eigenvalue weighted by Gasteiger charge is -2.08. The van der Waals surface area contributed by atoms with Crippen LogP contribution in [0.2, 0.25) is 0 Å². The summed E-state index contributed by atoms with van der Waals surface area (Å²) in [5, 5.41) is 8.95. The molecule has 0 radical (unpaired) electrons. The van der Waals surface area contributed by atoms with Crippen molar-refractivity contribution < 1.29 is 19.7 Å². The van der Waals surface area contributed by atoms with E-state index in [-0.39, 0.29) is 12.1 Å². The summed E-state index contributed by atoms with van der Waals surface area (Å²) in [5.74, 6) is -0.0916. The molecule has 142 valence electrons. The molecule has 0 aliphatic carbocycles. The molecule has 0 amide bonds. The largest absolute Gasteiger partial charge is 0.466 e. The van der Waals surface area contributed by atoms with E-state index in [1.165, 1.54) is 32.1 Å². The van der Waals surface area contributed by atoms with Gasteiger partial charge in [-0.2, -0.15) is 0 Å². The van der Waals surface area contributed by atoms with Gasteiger partial charge in [0.2, 0.25) is 0 Å². The van der Waals surface area contributed by atoms with Crippen LogP contribution in [0.4, 0.5) is 0 Å². The Morgan fingerprint density at radius 2 is 1.62 bits per heavy atom. The van der Waals surface area contributed by atoms with E-state index in [2.05, 4.69) is 17.9 Å². The van der Waals surface area contributed by atoms with Crippen LogP contribution < -0.4 is 0 Å². The second-order valence-electron chi connectivity index (χ2n) is 6.39. The normalized spacial score (nSPS) is 12.6. The molecule has 1 unspecified atom stereocenters. The van der Waals surface area contributed by atoms with Crippen LogP contribution in [0.5, 0.6) is 0 Å². The Labute approximate surface area is 148 Å². The number of esters is 1. The van der Waals surface area contributed by atoms with Crippen molar-refractivity contribution in [2.75, 3.05) is 6.61 Å². The van der Waals surface area contributed by atoms with Gasteiger partial charge in [-0.1, -0.05) is 70.4 Å². The Balaban J connectivity index is 3.49. The summed E-state index contributed by atoms with van der Waals surface area (Å²) in [4.78, 5) is 15.7. The first-order valence-corrected chi connectivity index (χ1v) is 9.87. The summed E-state index contributed by atoms with van der Waals surface area (Å²) in [6.45, 7) is 4.52. The second kappa shape index (κ2) is 18.5. The van der Waals surface area contributed by atoms with Gasteiger partial charge >= 0.3 is 5.97 Å². The van der Waals surface area contributed by atoms with Crippen LogP contribution in [0.25, 0.3) is 0 Å². The van der Waals surface area contributed by atoms with Crippen LogP contribution in [-0.2, 0) is 14.4 Å². The van der Waals surface area contributed by atoms with Gasteiger partial charge in [-0.25, -0.2) is 4.89 Å². The standard InChI is InChI=1S/C20H38O4/c1-3-5-6-7-8-10-13-16-19(24-22)17-14-11-9-12-15-18-20(21)23-4-2/h13,16,19,22H,3-12,14-15,17-18H2,1-2H3/b16-13+. The highest BCUT2D eigenvalue weighted by Gasteiger charge is 2.04.